The second-order valence-corrected chi connectivity index (χ2v) is 8.56. The SMILES string of the molecule is CC(=N)/C(C)=C1\C(=N)Sc2c1ncnc2N(C)Cc1ccc(C(C)(C)O)cc1. The molecule has 0 radical (unpaired) electrons. The van der Waals surface area contributed by atoms with Gasteiger partial charge in [0.05, 0.1) is 16.2 Å². The maximum Gasteiger partial charge on any atom is 0.146 e. The van der Waals surface area contributed by atoms with Gasteiger partial charge in [0.1, 0.15) is 17.2 Å². The van der Waals surface area contributed by atoms with Crippen molar-refractivity contribution < 1.29 is 5.11 Å². The van der Waals surface area contributed by atoms with Crippen molar-refractivity contribution in [3.8, 4) is 0 Å². The van der Waals surface area contributed by atoms with E-state index in [1.807, 2.05) is 43.1 Å². The van der Waals surface area contributed by atoms with Gasteiger partial charge in [0, 0.05) is 24.9 Å². The fraction of sp³-hybridized carbons (Fsp3) is 0.333. The average molecular weight is 396 g/mol. The number of hydrogen-bond donors (Lipinski definition) is 3. The van der Waals surface area contributed by atoms with Crippen LogP contribution in [0.25, 0.3) is 5.57 Å². The Morgan fingerprint density at radius 3 is 2.39 bits per heavy atom. The highest BCUT2D eigenvalue weighted by Gasteiger charge is 2.30. The quantitative estimate of drug-likeness (QED) is 0.658. The number of benzene rings is 1. The molecule has 3 N–H and O–H groups in total. The molecular weight excluding hydrogens is 370 g/mol. The van der Waals surface area contributed by atoms with E-state index in [9.17, 15) is 5.11 Å². The van der Waals surface area contributed by atoms with Crippen molar-refractivity contribution in [3.63, 3.8) is 0 Å². The predicted octanol–water partition coefficient (Wildman–Crippen LogP) is 4.24. The molecule has 6 nitrogen and oxygen atoms in total. The largest absolute Gasteiger partial charge is 0.386 e. The summed E-state index contributed by atoms with van der Waals surface area (Å²) in [5, 5.41) is 26.8. The Kier molecular flexibility index (Phi) is 5.41. The minimum atomic E-state index is -0.859. The van der Waals surface area contributed by atoms with E-state index in [0.717, 1.165) is 38.7 Å². The van der Waals surface area contributed by atoms with Gasteiger partial charge in [-0.05, 0) is 44.4 Å². The first-order valence-corrected chi connectivity index (χ1v) is 9.82. The third-order valence-corrected chi connectivity index (χ3v) is 5.82. The molecule has 0 saturated heterocycles. The van der Waals surface area contributed by atoms with E-state index in [4.69, 9.17) is 10.8 Å². The topological polar surface area (TPSA) is 97.0 Å². The minimum Gasteiger partial charge on any atom is -0.386 e. The zero-order chi connectivity index (χ0) is 20.6. The van der Waals surface area contributed by atoms with Crippen LogP contribution < -0.4 is 4.90 Å². The van der Waals surface area contributed by atoms with Crippen molar-refractivity contribution in [2.75, 3.05) is 11.9 Å². The van der Waals surface area contributed by atoms with Gasteiger partial charge >= 0.3 is 0 Å². The maximum atomic E-state index is 10.1. The molecule has 7 heteroatoms. The van der Waals surface area contributed by atoms with Crippen molar-refractivity contribution in [1.29, 1.82) is 10.8 Å². The number of allylic oxidation sites excluding steroid dienone is 1. The average Bonchev–Trinajstić information content (AvgIpc) is 2.96. The minimum absolute atomic E-state index is 0.406. The number of aliphatic hydroxyl groups is 1. The van der Waals surface area contributed by atoms with E-state index in [2.05, 4.69) is 9.97 Å². The van der Waals surface area contributed by atoms with Crippen molar-refractivity contribution in [2.24, 2.45) is 0 Å². The number of nitrogens with one attached hydrogen (secondary N) is 2. The van der Waals surface area contributed by atoms with Crippen LogP contribution in [0, 0.1) is 10.8 Å². The van der Waals surface area contributed by atoms with Gasteiger partial charge in [-0.25, -0.2) is 9.97 Å². The maximum absolute atomic E-state index is 10.1. The zero-order valence-corrected chi connectivity index (χ0v) is 17.6. The number of fused-ring (bicyclic) bond motifs is 1. The van der Waals surface area contributed by atoms with Crippen LogP contribution in [0.15, 0.2) is 41.1 Å². The monoisotopic (exact) mass is 395 g/mol. The lowest BCUT2D eigenvalue weighted by molar-refractivity contribution is 0.0786. The summed E-state index contributed by atoms with van der Waals surface area (Å²) in [7, 11) is 1.97. The molecule has 2 aromatic rings. The fourth-order valence-electron chi connectivity index (χ4n) is 3.07. The Balaban J connectivity index is 1.91. The molecule has 146 valence electrons. The normalized spacial score (nSPS) is 15.4. The first-order valence-electron chi connectivity index (χ1n) is 9.01. The van der Waals surface area contributed by atoms with Crippen LogP contribution in [0.5, 0.6) is 0 Å². The van der Waals surface area contributed by atoms with Crippen molar-refractivity contribution >= 4 is 33.9 Å². The van der Waals surface area contributed by atoms with E-state index in [1.54, 1.807) is 20.8 Å². The molecule has 0 spiro atoms. The third kappa shape index (κ3) is 3.86. The third-order valence-electron chi connectivity index (χ3n) is 4.83. The summed E-state index contributed by atoms with van der Waals surface area (Å²) in [6.07, 6.45) is 1.52. The van der Waals surface area contributed by atoms with E-state index in [0.29, 0.717) is 17.3 Å². The summed E-state index contributed by atoms with van der Waals surface area (Å²) in [4.78, 5) is 11.8. The molecule has 0 atom stereocenters. The van der Waals surface area contributed by atoms with Gasteiger partial charge in [0.25, 0.3) is 0 Å². The summed E-state index contributed by atoms with van der Waals surface area (Å²) in [5.41, 5.74) is 3.77. The van der Waals surface area contributed by atoms with Crippen LogP contribution in [-0.4, -0.2) is 32.9 Å². The van der Waals surface area contributed by atoms with Crippen LogP contribution in [0.1, 0.15) is 44.5 Å². The second kappa shape index (κ2) is 7.48. The first-order chi connectivity index (χ1) is 13.1. The fourth-order valence-corrected chi connectivity index (χ4v) is 4.18. The predicted molar refractivity (Wildman–Crippen MR) is 115 cm³/mol. The van der Waals surface area contributed by atoms with Gasteiger partial charge in [0.15, 0.2) is 0 Å². The summed E-state index contributed by atoms with van der Waals surface area (Å²) in [6.45, 7) is 7.77. The van der Waals surface area contributed by atoms with Crippen molar-refractivity contribution in [3.05, 3.63) is 53.0 Å². The number of hydrogen-bond acceptors (Lipinski definition) is 7. The van der Waals surface area contributed by atoms with E-state index >= 15 is 0 Å². The summed E-state index contributed by atoms with van der Waals surface area (Å²) < 4.78 is 0. The molecule has 0 saturated carbocycles. The Morgan fingerprint density at radius 2 is 1.82 bits per heavy atom. The highest BCUT2D eigenvalue weighted by molar-refractivity contribution is 8.15. The molecule has 1 aromatic carbocycles. The lowest BCUT2D eigenvalue weighted by atomic mass is 9.97. The molecule has 1 aromatic heterocycles. The van der Waals surface area contributed by atoms with Crippen LogP contribution in [0.2, 0.25) is 0 Å². The van der Waals surface area contributed by atoms with Crippen LogP contribution >= 0.6 is 11.8 Å². The van der Waals surface area contributed by atoms with Gasteiger partial charge in [-0.3, -0.25) is 5.41 Å². The number of anilines is 1. The lowest BCUT2D eigenvalue weighted by Gasteiger charge is -2.21. The van der Waals surface area contributed by atoms with E-state index < -0.39 is 5.60 Å². The van der Waals surface area contributed by atoms with Gasteiger partial charge < -0.3 is 15.4 Å². The number of rotatable bonds is 5. The van der Waals surface area contributed by atoms with Crippen LogP contribution in [0.3, 0.4) is 0 Å². The number of nitrogens with zero attached hydrogens (tertiary/aromatic N) is 3. The zero-order valence-electron chi connectivity index (χ0n) is 16.8. The smallest absolute Gasteiger partial charge is 0.146 e. The lowest BCUT2D eigenvalue weighted by Crippen LogP contribution is -2.19. The molecule has 0 unspecified atom stereocenters. The Hall–Kier alpha value is -2.51. The number of thioether (sulfide) groups is 1. The van der Waals surface area contributed by atoms with Gasteiger partial charge in [-0.15, -0.1) is 0 Å². The van der Waals surface area contributed by atoms with Crippen LogP contribution in [-0.2, 0) is 12.1 Å². The molecule has 0 aliphatic carbocycles. The molecule has 28 heavy (non-hydrogen) atoms. The van der Waals surface area contributed by atoms with Gasteiger partial charge in [-0.1, -0.05) is 36.0 Å². The highest BCUT2D eigenvalue weighted by Crippen LogP contribution is 2.45. The summed E-state index contributed by atoms with van der Waals surface area (Å²) in [6, 6.07) is 7.90. The molecular formula is C21H25N5OS. The standard InChI is InChI=1S/C21H25N5OS/c1-12(13(2)22)16-17-18(28-19(16)23)20(25-11-24-17)26(5)10-14-6-8-15(9-7-14)21(3,4)27/h6-9,11,22-23,27H,10H2,1-5H3/b16-12-,22-13?,23-19?. The highest BCUT2D eigenvalue weighted by atomic mass is 32.2. The second-order valence-electron chi connectivity index (χ2n) is 7.54. The molecule has 2 heterocycles. The molecule has 0 bridgehead atoms. The Morgan fingerprint density at radius 1 is 1.18 bits per heavy atom. The number of aromatic nitrogens is 2. The van der Waals surface area contributed by atoms with Crippen molar-refractivity contribution in [1.82, 2.24) is 9.97 Å². The Bertz CT molecular complexity index is 973. The van der Waals surface area contributed by atoms with Crippen LogP contribution in [0.4, 0.5) is 5.82 Å². The van der Waals surface area contributed by atoms with E-state index in [-0.39, 0.29) is 0 Å². The van der Waals surface area contributed by atoms with E-state index in [1.165, 1.54) is 18.1 Å². The molecule has 1 aliphatic heterocycles. The molecule has 0 fully saturated rings. The summed E-state index contributed by atoms with van der Waals surface area (Å²) >= 11 is 1.35. The van der Waals surface area contributed by atoms with Gasteiger partial charge in [-0.2, -0.15) is 0 Å². The van der Waals surface area contributed by atoms with Crippen molar-refractivity contribution in [2.45, 2.75) is 44.7 Å². The molecule has 1 aliphatic rings. The van der Waals surface area contributed by atoms with Gasteiger partial charge in [0.2, 0.25) is 0 Å². The first kappa shape index (κ1) is 20.2. The molecule has 3 rings (SSSR count). The Labute approximate surface area is 169 Å². The summed E-state index contributed by atoms with van der Waals surface area (Å²) in [5.74, 6) is 0.775. The molecule has 0 amide bonds.